The average molecular weight is 484 g/mol. The van der Waals surface area contributed by atoms with Crippen LogP contribution in [-0.4, -0.2) is 0 Å². The Balaban J connectivity index is 0.000000866. The van der Waals surface area contributed by atoms with Crippen molar-refractivity contribution < 1.29 is 0 Å². The first kappa shape index (κ1) is 32.9. The number of hydrogen-bond donors (Lipinski definition) is 0. The summed E-state index contributed by atoms with van der Waals surface area (Å²) in [6, 6.07) is 24.1. The lowest BCUT2D eigenvalue weighted by atomic mass is 9.89. The topological polar surface area (TPSA) is 23.8 Å². The number of hydrogen-bond acceptors (Lipinski definition) is 1. The van der Waals surface area contributed by atoms with E-state index >= 15 is 0 Å². The second kappa shape index (κ2) is 17.3. The van der Waals surface area contributed by atoms with Gasteiger partial charge in [-0.3, -0.25) is 0 Å². The van der Waals surface area contributed by atoms with E-state index in [1.54, 1.807) is 0 Å². The summed E-state index contributed by atoms with van der Waals surface area (Å²) in [6.07, 6.45) is 4.72. The minimum Gasteiger partial charge on any atom is -0.193 e. The second-order valence-electron chi connectivity index (χ2n) is 9.63. The smallest absolute Gasteiger partial charge is 0.0946 e. The van der Waals surface area contributed by atoms with Crippen molar-refractivity contribution in [1.29, 1.82) is 5.26 Å². The molecule has 0 saturated heterocycles. The number of rotatable bonds is 6. The van der Waals surface area contributed by atoms with Crippen molar-refractivity contribution in [3.05, 3.63) is 102 Å². The van der Waals surface area contributed by atoms with Crippen LogP contribution in [0.25, 0.3) is 16.3 Å². The van der Waals surface area contributed by atoms with Gasteiger partial charge in [-0.05, 0) is 72.4 Å². The summed E-state index contributed by atoms with van der Waals surface area (Å²) < 4.78 is 0. The Kier molecular flexibility index (Phi) is 15.8. The summed E-state index contributed by atoms with van der Waals surface area (Å²) in [6.45, 7) is 25.9. The molecule has 0 aliphatic heterocycles. The number of fused-ring (bicyclic) bond motifs is 1. The van der Waals surface area contributed by atoms with Crippen LogP contribution in [0.4, 0.5) is 0 Å². The number of nitrogens with zero attached hydrogens (tertiary/aromatic N) is 1. The van der Waals surface area contributed by atoms with Gasteiger partial charge in [-0.1, -0.05) is 133 Å². The maximum absolute atomic E-state index is 8.32. The average Bonchev–Trinajstić information content (AvgIpc) is 2.89. The fourth-order valence-corrected chi connectivity index (χ4v) is 3.56. The zero-order valence-corrected chi connectivity index (χ0v) is 24.5. The summed E-state index contributed by atoms with van der Waals surface area (Å²) >= 11 is 0. The van der Waals surface area contributed by atoms with E-state index in [0.29, 0.717) is 5.57 Å². The fourth-order valence-electron chi connectivity index (χ4n) is 3.56. The van der Waals surface area contributed by atoms with E-state index in [0.717, 1.165) is 18.4 Å². The van der Waals surface area contributed by atoms with Gasteiger partial charge in [-0.25, -0.2) is 0 Å². The summed E-state index contributed by atoms with van der Waals surface area (Å²) in [5, 5.41) is 11.0. The Morgan fingerprint density at radius 3 is 1.86 bits per heavy atom. The van der Waals surface area contributed by atoms with Crippen LogP contribution in [0.2, 0.25) is 0 Å². The van der Waals surface area contributed by atoms with Crippen LogP contribution in [-0.2, 0) is 12.8 Å². The van der Waals surface area contributed by atoms with Gasteiger partial charge >= 0.3 is 0 Å². The van der Waals surface area contributed by atoms with E-state index in [1.807, 2.05) is 54.5 Å². The van der Waals surface area contributed by atoms with Crippen LogP contribution in [0.15, 0.2) is 79.4 Å². The van der Waals surface area contributed by atoms with Crippen molar-refractivity contribution in [3.8, 4) is 6.07 Å². The Bertz CT molecular complexity index is 1100. The Labute approximate surface area is 222 Å². The van der Waals surface area contributed by atoms with E-state index in [4.69, 9.17) is 5.26 Å². The van der Waals surface area contributed by atoms with E-state index < -0.39 is 0 Å². The molecule has 3 aromatic rings. The van der Waals surface area contributed by atoms with E-state index in [9.17, 15) is 0 Å². The van der Waals surface area contributed by atoms with Gasteiger partial charge in [0.1, 0.15) is 0 Å². The molecule has 0 bridgehead atoms. The largest absolute Gasteiger partial charge is 0.193 e. The molecule has 3 rings (SSSR count). The maximum atomic E-state index is 8.32. The number of unbranched alkanes of at least 4 members (excludes halogenated alkanes) is 1. The molecule has 1 heteroatoms. The minimum absolute atomic E-state index is 0.0469. The molecule has 0 amide bonds. The number of aryl methyl sites for hydroxylation is 3. The highest BCUT2D eigenvalue weighted by molar-refractivity contribution is 5.90. The van der Waals surface area contributed by atoms with Gasteiger partial charge in [0.15, 0.2) is 0 Å². The van der Waals surface area contributed by atoms with E-state index in [-0.39, 0.29) is 5.41 Å². The molecule has 0 heterocycles. The molecule has 0 unspecified atom stereocenters. The Morgan fingerprint density at radius 2 is 1.36 bits per heavy atom. The summed E-state index contributed by atoms with van der Waals surface area (Å²) in [4.78, 5) is 0. The summed E-state index contributed by atoms with van der Waals surface area (Å²) in [5.74, 6) is 0. The fraction of sp³-hybridized carbons (Fsp3) is 0.400. The van der Waals surface area contributed by atoms with Crippen LogP contribution in [0.1, 0.15) is 90.5 Å². The van der Waals surface area contributed by atoms with Gasteiger partial charge in [0.05, 0.1) is 6.07 Å². The van der Waals surface area contributed by atoms with Gasteiger partial charge in [-0.15, -0.1) is 0 Å². The molecular weight excluding hydrogens is 434 g/mol. The van der Waals surface area contributed by atoms with Crippen LogP contribution < -0.4 is 0 Å². The highest BCUT2D eigenvalue weighted by Crippen LogP contribution is 2.28. The third-order valence-electron chi connectivity index (χ3n) is 5.80. The first-order valence-electron chi connectivity index (χ1n) is 13.4. The molecule has 1 nitrogen and oxygen atoms in total. The third kappa shape index (κ3) is 11.1. The lowest BCUT2D eigenvalue weighted by Crippen LogP contribution is -2.05. The van der Waals surface area contributed by atoms with Gasteiger partial charge in [0.2, 0.25) is 0 Å². The summed E-state index contributed by atoms with van der Waals surface area (Å²) in [7, 11) is 0. The number of allylic oxidation sites excluding steroid dienone is 2. The highest BCUT2D eigenvalue weighted by atomic mass is 14.3. The molecule has 0 aliphatic carbocycles. The molecule has 0 aliphatic rings. The lowest BCUT2D eigenvalue weighted by Gasteiger charge is -2.14. The zero-order valence-electron chi connectivity index (χ0n) is 24.5. The van der Waals surface area contributed by atoms with Gasteiger partial charge in [0, 0.05) is 5.57 Å². The third-order valence-corrected chi connectivity index (χ3v) is 5.80. The molecule has 36 heavy (non-hydrogen) atoms. The van der Waals surface area contributed by atoms with Gasteiger partial charge < -0.3 is 0 Å². The molecule has 0 aromatic heterocycles. The quantitative estimate of drug-likeness (QED) is 0.252. The molecule has 0 spiro atoms. The second-order valence-corrected chi connectivity index (χ2v) is 9.63. The lowest BCUT2D eigenvalue weighted by molar-refractivity contribution is 0.522. The normalized spacial score (nSPS) is 9.89. The minimum atomic E-state index is -0.0469. The molecule has 0 radical (unpaired) electrons. The Hall–Kier alpha value is -3.11. The van der Waals surface area contributed by atoms with Crippen molar-refractivity contribution in [2.45, 2.75) is 88.0 Å². The molecule has 0 fully saturated rings. The maximum Gasteiger partial charge on any atom is 0.0946 e. The molecule has 3 aromatic carbocycles. The van der Waals surface area contributed by atoms with Crippen molar-refractivity contribution >= 4 is 16.3 Å². The van der Waals surface area contributed by atoms with Crippen molar-refractivity contribution in [2.75, 3.05) is 0 Å². The predicted octanol–water partition coefficient (Wildman–Crippen LogP) is 10.9. The van der Waals surface area contributed by atoms with Gasteiger partial charge in [0.25, 0.3) is 0 Å². The van der Waals surface area contributed by atoms with Crippen LogP contribution in [0, 0.1) is 23.7 Å². The SMILES string of the molecule is C=C(C#N)C(C)(C)C.C=C(C)c1ccc2ccccc2c1CCCCc1ccc(C)cc1.CC.CC. The first-order valence-corrected chi connectivity index (χ1v) is 13.4. The standard InChI is InChI=1S/C24H26.C7H11N.2C2H6/c1-18(2)22-17-16-21-9-5-7-10-23(21)24(22)11-6-4-8-20-14-12-19(3)13-15-20;1-6(5-8)7(2,3)4;2*1-2/h5,7,9-10,12-17H,1,4,6,8,11H2,2-3H3;1H2,2-4H3;2*1-2H3. The zero-order chi connectivity index (χ0) is 27.7. The molecule has 194 valence electrons. The first-order chi connectivity index (χ1) is 17.1. The number of benzene rings is 3. The summed E-state index contributed by atoms with van der Waals surface area (Å²) in [5.41, 5.74) is 7.31. The highest BCUT2D eigenvalue weighted by Gasteiger charge is 2.13. The van der Waals surface area contributed by atoms with Crippen molar-refractivity contribution in [2.24, 2.45) is 5.41 Å². The number of nitriles is 1. The van der Waals surface area contributed by atoms with Crippen LogP contribution in [0.5, 0.6) is 0 Å². The molecule has 0 atom stereocenters. The van der Waals surface area contributed by atoms with Crippen molar-refractivity contribution in [1.82, 2.24) is 0 Å². The molecule has 0 N–H and O–H groups in total. The van der Waals surface area contributed by atoms with Crippen LogP contribution in [0.3, 0.4) is 0 Å². The van der Waals surface area contributed by atoms with Crippen LogP contribution >= 0.6 is 0 Å². The predicted molar refractivity (Wildman–Crippen MR) is 163 cm³/mol. The van der Waals surface area contributed by atoms with E-state index in [2.05, 4.69) is 87.7 Å². The molecular formula is C35H49N. The van der Waals surface area contributed by atoms with Gasteiger partial charge in [-0.2, -0.15) is 5.26 Å². The Morgan fingerprint density at radius 1 is 0.806 bits per heavy atom. The molecule has 0 saturated carbocycles. The van der Waals surface area contributed by atoms with Crippen molar-refractivity contribution in [3.63, 3.8) is 0 Å². The monoisotopic (exact) mass is 483 g/mol. The van der Waals surface area contributed by atoms with E-state index in [1.165, 1.54) is 45.9 Å².